The minimum atomic E-state index is 1.11. The van der Waals surface area contributed by atoms with Crippen molar-refractivity contribution in [3.05, 3.63) is 0 Å². The van der Waals surface area contributed by atoms with Crippen molar-refractivity contribution in [3.8, 4) is 0 Å². The van der Waals surface area contributed by atoms with Gasteiger partial charge in [0, 0.05) is 0 Å². The first kappa shape index (κ1) is 7.54. The molecule has 0 aromatic carbocycles. The fraction of sp³-hybridized carbons (Fsp3) is 1.00. The smallest absolute Gasteiger partial charge is 0.0325 e. The summed E-state index contributed by atoms with van der Waals surface area (Å²) in [5.74, 6) is 1.11. The third-order valence-electron chi connectivity index (χ3n) is 2.10. The number of rotatable bonds is 2. The Morgan fingerprint density at radius 1 is 1.56 bits per heavy atom. The van der Waals surface area contributed by atoms with Crippen molar-refractivity contribution in [3.63, 3.8) is 0 Å². The molecule has 1 fully saturated rings. The average Bonchev–Trinajstić information content (AvgIpc) is 1.91. The zero-order chi connectivity index (χ0) is 6.53. The average molecular weight is 144 g/mol. The van der Waals surface area contributed by atoms with E-state index in [9.17, 15) is 0 Å². The number of hydrogen-bond donors (Lipinski definition) is 0. The van der Waals surface area contributed by atoms with Gasteiger partial charge in [0.25, 0.3) is 0 Å². The normalized spacial score (nSPS) is 31.0. The predicted octanol–water partition coefficient (Wildman–Crippen LogP) is 2.88. The zero-order valence-corrected chi connectivity index (χ0v) is 7.32. The van der Waals surface area contributed by atoms with Gasteiger partial charge in [-0.25, -0.2) is 0 Å². The van der Waals surface area contributed by atoms with E-state index >= 15 is 0 Å². The van der Waals surface area contributed by atoms with Gasteiger partial charge < -0.3 is 0 Å². The fourth-order valence-electron chi connectivity index (χ4n) is 1.58. The highest BCUT2D eigenvalue weighted by Gasteiger charge is 2.10. The van der Waals surface area contributed by atoms with Crippen molar-refractivity contribution in [1.82, 2.24) is 0 Å². The second-order valence-corrected chi connectivity index (χ2v) is 4.41. The van der Waals surface area contributed by atoms with Crippen LogP contribution in [0.3, 0.4) is 0 Å². The standard InChI is InChI=1S/C8H17P/c1-2-4-8-5-3-6-9-7-8/h8-9H,2-7H2,1H3. The van der Waals surface area contributed by atoms with E-state index in [1.807, 2.05) is 0 Å². The van der Waals surface area contributed by atoms with Crippen molar-refractivity contribution in [2.24, 2.45) is 5.92 Å². The quantitative estimate of drug-likeness (QED) is 0.523. The molecule has 0 saturated carbocycles. The topological polar surface area (TPSA) is 0 Å². The third-order valence-corrected chi connectivity index (χ3v) is 3.67. The molecule has 2 unspecified atom stereocenters. The molecule has 0 nitrogen and oxygen atoms in total. The molecule has 0 aliphatic carbocycles. The van der Waals surface area contributed by atoms with Crippen LogP contribution >= 0.6 is 8.58 Å². The number of hydrogen-bond acceptors (Lipinski definition) is 0. The Hall–Kier alpha value is 0.430. The minimum absolute atomic E-state index is 1.11. The Bertz CT molecular complexity index is 62.2. The highest BCUT2D eigenvalue weighted by atomic mass is 31.1. The Labute approximate surface area is 60.2 Å². The van der Waals surface area contributed by atoms with E-state index in [0.29, 0.717) is 0 Å². The summed E-state index contributed by atoms with van der Waals surface area (Å²) in [6, 6.07) is 0. The molecule has 2 atom stereocenters. The molecule has 1 heterocycles. The first-order valence-corrected chi connectivity index (χ1v) is 5.55. The van der Waals surface area contributed by atoms with Crippen molar-refractivity contribution >= 4 is 8.58 Å². The van der Waals surface area contributed by atoms with Gasteiger partial charge in [-0.2, -0.15) is 0 Å². The van der Waals surface area contributed by atoms with Crippen LogP contribution in [0.25, 0.3) is 0 Å². The van der Waals surface area contributed by atoms with Crippen LogP contribution in [0.2, 0.25) is 0 Å². The zero-order valence-electron chi connectivity index (χ0n) is 6.32. The highest BCUT2D eigenvalue weighted by Crippen LogP contribution is 2.29. The van der Waals surface area contributed by atoms with Crippen LogP contribution in [0.4, 0.5) is 0 Å². The summed E-state index contributed by atoms with van der Waals surface area (Å²) in [7, 11) is 1.29. The minimum Gasteiger partial charge on any atom is -0.122 e. The summed E-state index contributed by atoms with van der Waals surface area (Å²) >= 11 is 0. The van der Waals surface area contributed by atoms with Gasteiger partial charge in [-0.3, -0.25) is 0 Å². The van der Waals surface area contributed by atoms with E-state index in [4.69, 9.17) is 0 Å². The first-order chi connectivity index (χ1) is 4.43. The molecular weight excluding hydrogens is 127 g/mol. The second-order valence-electron chi connectivity index (χ2n) is 3.00. The van der Waals surface area contributed by atoms with E-state index in [2.05, 4.69) is 6.92 Å². The van der Waals surface area contributed by atoms with Gasteiger partial charge in [0.05, 0.1) is 0 Å². The lowest BCUT2D eigenvalue weighted by molar-refractivity contribution is 0.477. The van der Waals surface area contributed by atoms with Crippen LogP contribution in [0.5, 0.6) is 0 Å². The van der Waals surface area contributed by atoms with Crippen LogP contribution < -0.4 is 0 Å². The highest BCUT2D eigenvalue weighted by molar-refractivity contribution is 7.38. The maximum Gasteiger partial charge on any atom is -0.0325 e. The lowest BCUT2D eigenvalue weighted by Gasteiger charge is -2.20. The van der Waals surface area contributed by atoms with Gasteiger partial charge in [-0.1, -0.05) is 19.8 Å². The van der Waals surface area contributed by atoms with Crippen LogP contribution in [-0.4, -0.2) is 12.3 Å². The fourth-order valence-corrected chi connectivity index (χ4v) is 3.05. The SMILES string of the molecule is CCCC1CCCPC1. The second kappa shape index (κ2) is 4.28. The Balaban J connectivity index is 2.08. The van der Waals surface area contributed by atoms with Crippen molar-refractivity contribution in [2.75, 3.05) is 12.3 Å². The molecule has 0 spiro atoms. The first-order valence-electron chi connectivity index (χ1n) is 4.14. The monoisotopic (exact) mass is 144 g/mol. The predicted molar refractivity (Wildman–Crippen MR) is 45.7 cm³/mol. The van der Waals surface area contributed by atoms with Gasteiger partial charge in [0.1, 0.15) is 0 Å². The molecule has 0 radical (unpaired) electrons. The molecule has 0 amide bonds. The van der Waals surface area contributed by atoms with Crippen LogP contribution in [0.15, 0.2) is 0 Å². The summed E-state index contributed by atoms with van der Waals surface area (Å²) < 4.78 is 0. The van der Waals surface area contributed by atoms with Crippen molar-refractivity contribution in [1.29, 1.82) is 0 Å². The lowest BCUT2D eigenvalue weighted by Crippen LogP contribution is -2.08. The molecule has 0 N–H and O–H groups in total. The molecule has 1 aliphatic rings. The van der Waals surface area contributed by atoms with Crippen molar-refractivity contribution < 1.29 is 0 Å². The molecular formula is C8H17P. The summed E-state index contributed by atoms with van der Waals surface area (Å²) in [5.41, 5.74) is 0. The van der Waals surface area contributed by atoms with Gasteiger partial charge in [-0.05, 0) is 31.1 Å². The van der Waals surface area contributed by atoms with Gasteiger partial charge in [-0.15, -0.1) is 8.58 Å². The van der Waals surface area contributed by atoms with E-state index in [1.54, 1.807) is 6.16 Å². The van der Waals surface area contributed by atoms with E-state index in [1.165, 1.54) is 40.4 Å². The molecule has 1 rings (SSSR count). The van der Waals surface area contributed by atoms with Crippen LogP contribution in [0, 0.1) is 5.92 Å². The van der Waals surface area contributed by atoms with Gasteiger partial charge in [0.2, 0.25) is 0 Å². The largest absolute Gasteiger partial charge is 0.122 e. The summed E-state index contributed by atoms with van der Waals surface area (Å²) in [6.45, 7) is 2.30. The Morgan fingerprint density at radius 3 is 3.00 bits per heavy atom. The molecule has 0 aromatic rings. The Morgan fingerprint density at radius 2 is 2.44 bits per heavy atom. The maximum absolute atomic E-state index is 2.30. The maximum atomic E-state index is 2.30. The van der Waals surface area contributed by atoms with Gasteiger partial charge in [0.15, 0.2) is 0 Å². The molecule has 9 heavy (non-hydrogen) atoms. The van der Waals surface area contributed by atoms with E-state index in [0.717, 1.165) is 5.92 Å². The van der Waals surface area contributed by atoms with E-state index < -0.39 is 0 Å². The molecule has 0 aromatic heterocycles. The van der Waals surface area contributed by atoms with Gasteiger partial charge >= 0.3 is 0 Å². The molecule has 0 bridgehead atoms. The summed E-state index contributed by atoms with van der Waals surface area (Å²) in [5, 5.41) is 0. The molecule has 54 valence electrons. The van der Waals surface area contributed by atoms with Crippen molar-refractivity contribution in [2.45, 2.75) is 32.6 Å². The summed E-state index contributed by atoms with van der Waals surface area (Å²) in [6.07, 6.45) is 9.01. The third kappa shape index (κ3) is 2.67. The summed E-state index contributed by atoms with van der Waals surface area (Å²) in [4.78, 5) is 0. The molecule has 1 heteroatoms. The van der Waals surface area contributed by atoms with Crippen LogP contribution in [-0.2, 0) is 0 Å². The van der Waals surface area contributed by atoms with E-state index in [-0.39, 0.29) is 0 Å². The molecule has 1 aliphatic heterocycles. The molecule has 1 saturated heterocycles. The lowest BCUT2D eigenvalue weighted by atomic mass is 10.0. The van der Waals surface area contributed by atoms with Crippen LogP contribution in [0.1, 0.15) is 32.6 Å². The Kier molecular flexibility index (Phi) is 3.58.